The number of anilines is 1. The van der Waals surface area contributed by atoms with Crippen molar-refractivity contribution in [2.75, 3.05) is 17.8 Å². The van der Waals surface area contributed by atoms with Gasteiger partial charge in [0.25, 0.3) is 0 Å². The number of methoxy groups -OCH3 is 1. The first-order valence-corrected chi connectivity index (χ1v) is 12.5. The molecule has 0 aliphatic rings. The molecule has 10 heteroatoms. The number of para-hydroxylation sites is 1. The Morgan fingerprint density at radius 1 is 1.09 bits per heavy atom. The zero-order valence-corrected chi connectivity index (χ0v) is 19.3. The van der Waals surface area contributed by atoms with E-state index in [1.54, 1.807) is 48.8 Å². The predicted molar refractivity (Wildman–Crippen MR) is 125 cm³/mol. The lowest BCUT2D eigenvalue weighted by molar-refractivity contribution is -0.118. The Hall–Kier alpha value is -3.37. The number of sulfone groups is 1. The van der Waals surface area contributed by atoms with E-state index >= 15 is 0 Å². The Balaban J connectivity index is 1.59. The van der Waals surface area contributed by atoms with E-state index in [-0.39, 0.29) is 29.1 Å². The van der Waals surface area contributed by atoms with Crippen molar-refractivity contribution >= 4 is 42.4 Å². The summed E-state index contributed by atoms with van der Waals surface area (Å²) in [6.07, 6.45) is 2.95. The number of pyridine rings is 1. The van der Waals surface area contributed by atoms with E-state index in [0.717, 1.165) is 5.56 Å². The molecule has 33 heavy (non-hydrogen) atoms. The third-order valence-corrected chi connectivity index (χ3v) is 7.76. The zero-order valence-electron chi connectivity index (χ0n) is 17.6. The normalized spacial score (nSPS) is 11.5. The first kappa shape index (κ1) is 22.8. The summed E-state index contributed by atoms with van der Waals surface area (Å²) in [7, 11) is -2.20. The van der Waals surface area contributed by atoms with E-state index in [1.807, 2.05) is 0 Å². The second-order valence-electron chi connectivity index (χ2n) is 7.16. The van der Waals surface area contributed by atoms with Crippen LogP contribution in [0.25, 0.3) is 10.2 Å². The quantitative estimate of drug-likeness (QED) is 0.371. The molecule has 0 aliphatic carbocycles. The molecule has 0 saturated heterocycles. The number of hydrogen-bond donors (Lipinski definition) is 0. The lowest BCUT2D eigenvalue weighted by atomic mass is 10.2. The van der Waals surface area contributed by atoms with Crippen molar-refractivity contribution in [1.82, 2.24) is 9.97 Å². The highest BCUT2D eigenvalue weighted by molar-refractivity contribution is 7.91. The molecule has 0 fully saturated rings. The van der Waals surface area contributed by atoms with Crippen LogP contribution in [-0.2, 0) is 21.2 Å². The van der Waals surface area contributed by atoms with Crippen molar-refractivity contribution in [1.29, 1.82) is 0 Å². The Morgan fingerprint density at radius 2 is 1.82 bits per heavy atom. The fourth-order valence-electron chi connectivity index (χ4n) is 3.21. The molecule has 7 nitrogen and oxygen atoms in total. The molecular formula is C23H20FN3O4S2. The smallest absolute Gasteiger partial charge is 0.230 e. The molecule has 2 aromatic carbocycles. The summed E-state index contributed by atoms with van der Waals surface area (Å²) < 4.78 is 45.4. The second-order valence-corrected chi connectivity index (χ2v) is 10.3. The van der Waals surface area contributed by atoms with Crippen molar-refractivity contribution in [2.24, 2.45) is 0 Å². The van der Waals surface area contributed by atoms with E-state index in [1.165, 1.54) is 41.5 Å². The van der Waals surface area contributed by atoms with Crippen LogP contribution in [0, 0.1) is 5.82 Å². The highest BCUT2D eigenvalue weighted by Gasteiger charge is 2.24. The number of hydrogen-bond acceptors (Lipinski definition) is 7. The van der Waals surface area contributed by atoms with Crippen molar-refractivity contribution in [2.45, 2.75) is 17.9 Å². The van der Waals surface area contributed by atoms with Gasteiger partial charge in [0.1, 0.15) is 17.1 Å². The van der Waals surface area contributed by atoms with Gasteiger partial charge in [-0.15, -0.1) is 0 Å². The van der Waals surface area contributed by atoms with Crippen LogP contribution in [0.1, 0.15) is 12.0 Å². The third kappa shape index (κ3) is 5.18. The summed E-state index contributed by atoms with van der Waals surface area (Å²) in [5, 5.41) is 0.304. The van der Waals surface area contributed by atoms with Crippen molar-refractivity contribution < 1.29 is 22.3 Å². The van der Waals surface area contributed by atoms with Gasteiger partial charge in [0.05, 0.1) is 29.0 Å². The molecule has 4 aromatic rings. The number of nitrogens with zero attached hydrogens (tertiary/aromatic N) is 3. The predicted octanol–water partition coefficient (Wildman–Crippen LogP) is 4.24. The molecule has 0 saturated carbocycles. The molecule has 0 radical (unpaired) electrons. The van der Waals surface area contributed by atoms with Gasteiger partial charge in [-0.3, -0.25) is 14.7 Å². The van der Waals surface area contributed by atoms with E-state index in [2.05, 4.69) is 9.97 Å². The fourth-order valence-corrected chi connectivity index (χ4v) is 5.44. The van der Waals surface area contributed by atoms with Crippen molar-refractivity contribution in [3.63, 3.8) is 0 Å². The monoisotopic (exact) mass is 485 g/mol. The topological polar surface area (TPSA) is 89.5 Å². The van der Waals surface area contributed by atoms with Crippen LogP contribution in [0.3, 0.4) is 0 Å². The third-order valence-electron chi connectivity index (χ3n) is 4.98. The van der Waals surface area contributed by atoms with Crippen molar-refractivity contribution in [3.05, 3.63) is 78.4 Å². The molecular weight excluding hydrogens is 465 g/mol. The average molecular weight is 486 g/mol. The van der Waals surface area contributed by atoms with Crippen LogP contribution in [0.15, 0.2) is 71.9 Å². The number of benzene rings is 2. The molecule has 1 amide bonds. The minimum Gasteiger partial charge on any atom is -0.497 e. The Bertz CT molecular complexity index is 1370. The Labute approximate surface area is 194 Å². The molecule has 2 heterocycles. The van der Waals surface area contributed by atoms with Crippen LogP contribution in [-0.4, -0.2) is 37.2 Å². The number of carbonyl (C=O) groups excluding carboxylic acids is 1. The molecule has 0 bridgehead atoms. The van der Waals surface area contributed by atoms with E-state index < -0.39 is 21.6 Å². The van der Waals surface area contributed by atoms with Gasteiger partial charge < -0.3 is 4.74 Å². The van der Waals surface area contributed by atoms with Crippen LogP contribution in [0.5, 0.6) is 5.75 Å². The molecule has 0 N–H and O–H groups in total. The molecule has 0 atom stereocenters. The van der Waals surface area contributed by atoms with Gasteiger partial charge in [-0.1, -0.05) is 17.4 Å². The van der Waals surface area contributed by atoms with Gasteiger partial charge in [0, 0.05) is 18.8 Å². The highest BCUT2D eigenvalue weighted by atomic mass is 32.2. The van der Waals surface area contributed by atoms with Gasteiger partial charge in [0.2, 0.25) is 5.91 Å². The van der Waals surface area contributed by atoms with Crippen LogP contribution in [0.4, 0.5) is 9.52 Å². The summed E-state index contributed by atoms with van der Waals surface area (Å²) >= 11 is 1.18. The summed E-state index contributed by atoms with van der Waals surface area (Å²) in [5.74, 6) is -0.738. The fraction of sp³-hybridized carbons (Fsp3) is 0.174. The first-order valence-electron chi connectivity index (χ1n) is 9.98. The summed E-state index contributed by atoms with van der Waals surface area (Å²) in [4.78, 5) is 23.0. The van der Waals surface area contributed by atoms with E-state index in [0.29, 0.717) is 15.6 Å². The maximum Gasteiger partial charge on any atom is 0.230 e. The zero-order chi connectivity index (χ0) is 23.4. The largest absolute Gasteiger partial charge is 0.497 e. The number of thiazole rings is 1. The van der Waals surface area contributed by atoms with Gasteiger partial charge in [0.15, 0.2) is 15.0 Å². The number of carbonyl (C=O) groups is 1. The molecule has 0 spiro atoms. The molecule has 2 aromatic heterocycles. The lowest BCUT2D eigenvalue weighted by Gasteiger charge is -2.20. The van der Waals surface area contributed by atoms with Crippen LogP contribution < -0.4 is 9.64 Å². The molecule has 170 valence electrons. The number of halogens is 1. The maximum atomic E-state index is 14.2. The summed E-state index contributed by atoms with van der Waals surface area (Å²) in [5.41, 5.74) is 0.965. The highest BCUT2D eigenvalue weighted by Crippen LogP contribution is 2.31. The minimum atomic E-state index is -3.69. The minimum absolute atomic E-state index is 0.110. The first-order chi connectivity index (χ1) is 15.9. The van der Waals surface area contributed by atoms with Gasteiger partial charge in [-0.25, -0.2) is 17.8 Å². The van der Waals surface area contributed by atoms with E-state index in [4.69, 9.17) is 4.74 Å². The van der Waals surface area contributed by atoms with Crippen LogP contribution in [0.2, 0.25) is 0 Å². The molecule has 0 unspecified atom stereocenters. The average Bonchev–Trinajstić information content (AvgIpc) is 3.27. The second kappa shape index (κ2) is 9.63. The number of ether oxygens (including phenoxy) is 1. The number of fused-ring (bicyclic) bond motifs is 1. The van der Waals surface area contributed by atoms with Gasteiger partial charge in [-0.2, -0.15) is 0 Å². The summed E-state index contributed by atoms with van der Waals surface area (Å²) in [6, 6.07) is 14.1. The van der Waals surface area contributed by atoms with Gasteiger partial charge >= 0.3 is 0 Å². The van der Waals surface area contributed by atoms with Crippen molar-refractivity contribution in [3.8, 4) is 5.75 Å². The van der Waals surface area contributed by atoms with E-state index in [9.17, 15) is 17.6 Å². The lowest BCUT2D eigenvalue weighted by Crippen LogP contribution is -2.31. The number of amides is 1. The molecule has 4 rings (SSSR count). The number of rotatable bonds is 8. The standard InChI is InChI=1S/C23H20FN3O4S2/c1-31-17-5-7-18(8-6-17)33(29,30)14-11-21(28)27(15-16-9-12-25-13-10-16)23-26-22-19(24)3-2-4-20(22)32-23/h2-10,12-13H,11,14-15H2,1H3. The number of aromatic nitrogens is 2. The SMILES string of the molecule is COc1ccc(S(=O)(=O)CCC(=O)N(Cc2ccncc2)c2nc3c(F)cccc3s2)cc1. The van der Waals surface area contributed by atoms with Crippen LogP contribution >= 0.6 is 11.3 Å². The maximum absolute atomic E-state index is 14.2. The molecule has 0 aliphatic heterocycles. The Morgan fingerprint density at radius 3 is 2.48 bits per heavy atom. The van der Waals surface area contributed by atoms with Gasteiger partial charge in [-0.05, 0) is 54.1 Å². The Kier molecular flexibility index (Phi) is 6.66. The summed E-state index contributed by atoms with van der Waals surface area (Å²) in [6.45, 7) is 0.158.